The highest BCUT2D eigenvalue weighted by Crippen LogP contribution is 2.53. The van der Waals surface area contributed by atoms with Crippen LogP contribution in [0.3, 0.4) is 0 Å². The van der Waals surface area contributed by atoms with Gasteiger partial charge in [-0.3, -0.25) is 4.79 Å². The Morgan fingerprint density at radius 3 is 2.35 bits per heavy atom. The molecule has 0 radical (unpaired) electrons. The maximum Gasteiger partial charge on any atom is 0.304 e. The second-order valence-corrected chi connectivity index (χ2v) is 6.63. The van der Waals surface area contributed by atoms with Crippen molar-refractivity contribution in [3.05, 3.63) is 35.4 Å². The number of carboxylic acid groups (broad SMARTS) is 1. The van der Waals surface area contributed by atoms with Crippen LogP contribution >= 0.6 is 0 Å². The number of carboxylic acids is 1. The van der Waals surface area contributed by atoms with Crippen molar-refractivity contribution in [1.82, 2.24) is 0 Å². The van der Waals surface area contributed by atoms with Crippen molar-refractivity contribution in [2.24, 2.45) is 0 Å². The van der Waals surface area contributed by atoms with Gasteiger partial charge < -0.3 is 5.11 Å². The molecule has 0 aliphatic heterocycles. The van der Waals surface area contributed by atoms with Gasteiger partial charge >= 0.3 is 5.97 Å². The molecule has 2 aliphatic carbocycles. The fourth-order valence-corrected chi connectivity index (χ4v) is 3.91. The maximum absolute atomic E-state index is 11.2. The molecule has 0 atom stereocenters. The molecule has 20 heavy (non-hydrogen) atoms. The Morgan fingerprint density at radius 1 is 1.10 bits per heavy atom. The molecule has 0 amide bonds. The number of benzene rings is 1. The third-order valence-corrected chi connectivity index (χ3v) is 5.17. The molecule has 2 aliphatic rings. The van der Waals surface area contributed by atoms with Crippen LogP contribution in [-0.2, 0) is 10.2 Å². The van der Waals surface area contributed by atoms with Crippen LogP contribution < -0.4 is 0 Å². The Hall–Kier alpha value is -1.31. The summed E-state index contributed by atoms with van der Waals surface area (Å²) in [6, 6.07) is 8.65. The van der Waals surface area contributed by atoms with Crippen molar-refractivity contribution in [2.75, 3.05) is 0 Å². The summed E-state index contributed by atoms with van der Waals surface area (Å²) < 4.78 is 0. The third-order valence-electron chi connectivity index (χ3n) is 5.17. The van der Waals surface area contributed by atoms with Crippen LogP contribution in [0.1, 0.15) is 74.8 Å². The predicted molar refractivity (Wildman–Crippen MR) is 80.0 cm³/mol. The summed E-state index contributed by atoms with van der Waals surface area (Å²) in [5.74, 6) is -0.00172. The summed E-state index contributed by atoms with van der Waals surface area (Å²) in [7, 11) is 0. The Morgan fingerprint density at radius 2 is 1.75 bits per heavy atom. The number of carbonyl (C=O) groups is 1. The van der Waals surface area contributed by atoms with Gasteiger partial charge in [-0.05, 0) is 42.7 Å². The molecular weight excluding hydrogens is 248 g/mol. The van der Waals surface area contributed by atoms with Crippen molar-refractivity contribution >= 4 is 5.97 Å². The van der Waals surface area contributed by atoms with E-state index >= 15 is 0 Å². The van der Waals surface area contributed by atoms with Crippen LogP contribution in [0.25, 0.3) is 0 Å². The molecule has 1 N–H and O–H groups in total. The molecule has 1 aromatic carbocycles. The van der Waals surface area contributed by atoms with Gasteiger partial charge in [0.15, 0.2) is 0 Å². The van der Waals surface area contributed by atoms with Crippen LogP contribution in [-0.4, -0.2) is 11.1 Å². The minimum absolute atomic E-state index is 0.0469. The van der Waals surface area contributed by atoms with E-state index in [1.807, 2.05) is 0 Å². The molecule has 3 rings (SSSR count). The van der Waals surface area contributed by atoms with Crippen LogP contribution in [0, 0.1) is 0 Å². The highest BCUT2D eigenvalue weighted by atomic mass is 16.4. The number of hydrogen-bond donors (Lipinski definition) is 1. The molecule has 2 saturated carbocycles. The maximum atomic E-state index is 11.2. The molecule has 2 nitrogen and oxygen atoms in total. The van der Waals surface area contributed by atoms with E-state index in [1.54, 1.807) is 0 Å². The number of aliphatic carboxylic acids is 1. The Kier molecular flexibility index (Phi) is 3.82. The van der Waals surface area contributed by atoms with Gasteiger partial charge in [0.05, 0.1) is 6.42 Å². The van der Waals surface area contributed by atoms with E-state index in [1.165, 1.54) is 49.7 Å². The van der Waals surface area contributed by atoms with Crippen LogP contribution in [0.15, 0.2) is 24.3 Å². The molecule has 108 valence electrons. The van der Waals surface area contributed by atoms with E-state index in [-0.39, 0.29) is 5.41 Å². The average Bonchev–Trinajstić information content (AvgIpc) is 3.22. The Bertz CT molecular complexity index is 480. The summed E-state index contributed by atoms with van der Waals surface area (Å²) in [5.41, 5.74) is 2.75. The second kappa shape index (κ2) is 5.59. The van der Waals surface area contributed by atoms with E-state index in [2.05, 4.69) is 24.3 Å². The summed E-state index contributed by atoms with van der Waals surface area (Å²) in [4.78, 5) is 11.2. The van der Waals surface area contributed by atoms with E-state index in [0.29, 0.717) is 12.3 Å². The van der Waals surface area contributed by atoms with E-state index in [0.717, 1.165) is 12.8 Å². The molecular formula is C18H24O2. The second-order valence-electron chi connectivity index (χ2n) is 6.63. The lowest BCUT2D eigenvalue weighted by Crippen LogP contribution is -2.16. The van der Waals surface area contributed by atoms with Gasteiger partial charge in [-0.2, -0.15) is 0 Å². The summed E-state index contributed by atoms with van der Waals surface area (Å²) in [6.45, 7) is 0. The lowest BCUT2D eigenvalue weighted by atomic mass is 9.81. The van der Waals surface area contributed by atoms with Gasteiger partial charge in [-0.25, -0.2) is 0 Å². The number of rotatable bonds is 4. The summed E-state index contributed by atoms with van der Waals surface area (Å²) >= 11 is 0. The van der Waals surface area contributed by atoms with Crippen molar-refractivity contribution < 1.29 is 9.90 Å². The van der Waals surface area contributed by atoms with Gasteiger partial charge in [0.1, 0.15) is 0 Å². The SMILES string of the molecule is O=C(O)CC1(c2ccccc2C2CCCCCC2)CC1. The highest BCUT2D eigenvalue weighted by Gasteiger charge is 2.47. The first-order chi connectivity index (χ1) is 9.71. The lowest BCUT2D eigenvalue weighted by Gasteiger charge is -2.23. The van der Waals surface area contributed by atoms with Gasteiger partial charge in [-0.1, -0.05) is 49.9 Å². The highest BCUT2D eigenvalue weighted by molar-refractivity contribution is 5.70. The molecule has 1 aromatic rings. The van der Waals surface area contributed by atoms with Crippen molar-refractivity contribution in [2.45, 2.75) is 69.1 Å². The first-order valence-electron chi connectivity index (χ1n) is 8.02. The van der Waals surface area contributed by atoms with E-state index in [4.69, 9.17) is 0 Å². The van der Waals surface area contributed by atoms with Crippen LogP contribution in [0.2, 0.25) is 0 Å². The third kappa shape index (κ3) is 2.74. The Labute approximate surface area is 121 Å². The van der Waals surface area contributed by atoms with E-state index in [9.17, 15) is 9.90 Å². The fourth-order valence-electron chi connectivity index (χ4n) is 3.91. The molecule has 0 heterocycles. The summed E-state index contributed by atoms with van der Waals surface area (Å²) in [5, 5.41) is 9.20. The van der Waals surface area contributed by atoms with Gasteiger partial charge in [0.2, 0.25) is 0 Å². The van der Waals surface area contributed by atoms with E-state index < -0.39 is 5.97 Å². The molecule has 0 saturated heterocycles. The fraction of sp³-hybridized carbons (Fsp3) is 0.611. The minimum atomic E-state index is -0.654. The molecule has 0 unspecified atom stereocenters. The molecule has 2 heteroatoms. The summed E-state index contributed by atoms with van der Waals surface area (Å²) in [6.07, 6.45) is 10.3. The first-order valence-corrected chi connectivity index (χ1v) is 8.02. The predicted octanol–water partition coefficient (Wildman–Crippen LogP) is 4.63. The van der Waals surface area contributed by atoms with Crippen molar-refractivity contribution in [3.8, 4) is 0 Å². The average molecular weight is 272 g/mol. The topological polar surface area (TPSA) is 37.3 Å². The monoisotopic (exact) mass is 272 g/mol. The van der Waals surface area contributed by atoms with Crippen molar-refractivity contribution in [1.29, 1.82) is 0 Å². The zero-order chi connectivity index (χ0) is 14.0. The van der Waals surface area contributed by atoms with Gasteiger partial charge in [0, 0.05) is 5.41 Å². The van der Waals surface area contributed by atoms with Gasteiger partial charge in [-0.15, -0.1) is 0 Å². The zero-order valence-corrected chi connectivity index (χ0v) is 12.1. The van der Waals surface area contributed by atoms with Gasteiger partial charge in [0.25, 0.3) is 0 Å². The largest absolute Gasteiger partial charge is 0.481 e. The molecule has 0 aromatic heterocycles. The normalized spacial score (nSPS) is 22.2. The first kappa shape index (κ1) is 13.7. The minimum Gasteiger partial charge on any atom is -0.481 e. The Balaban J connectivity index is 1.90. The zero-order valence-electron chi connectivity index (χ0n) is 12.1. The lowest BCUT2D eigenvalue weighted by molar-refractivity contribution is -0.137. The molecule has 0 bridgehead atoms. The van der Waals surface area contributed by atoms with Crippen molar-refractivity contribution in [3.63, 3.8) is 0 Å². The van der Waals surface area contributed by atoms with Crippen LogP contribution in [0.5, 0.6) is 0 Å². The molecule has 2 fully saturated rings. The molecule has 0 spiro atoms. The number of hydrogen-bond acceptors (Lipinski definition) is 1. The standard InChI is InChI=1S/C18H24O2/c19-17(20)13-18(11-12-18)16-10-6-5-9-15(16)14-7-3-1-2-4-8-14/h5-6,9-10,14H,1-4,7-8,11-13H2,(H,19,20). The quantitative estimate of drug-likeness (QED) is 0.811. The smallest absolute Gasteiger partial charge is 0.304 e. The van der Waals surface area contributed by atoms with Crippen LogP contribution in [0.4, 0.5) is 0 Å².